The van der Waals surface area contributed by atoms with E-state index < -0.39 is 0 Å². The van der Waals surface area contributed by atoms with Gasteiger partial charge in [-0.15, -0.1) is 0 Å². The van der Waals surface area contributed by atoms with Crippen molar-refractivity contribution in [3.8, 4) is 22.8 Å². The molecule has 0 amide bonds. The van der Waals surface area contributed by atoms with Crippen molar-refractivity contribution in [2.24, 2.45) is 13.0 Å². The van der Waals surface area contributed by atoms with Gasteiger partial charge in [0, 0.05) is 73.1 Å². The average molecular weight is 578 g/mol. The van der Waals surface area contributed by atoms with Crippen LogP contribution in [0.1, 0.15) is 18.9 Å². The molecule has 4 aromatic rings. The van der Waals surface area contributed by atoms with E-state index in [2.05, 4.69) is 39.8 Å². The zero-order chi connectivity index (χ0) is 28.7. The highest BCUT2D eigenvalue weighted by molar-refractivity contribution is 6.35. The van der Waals surface area contributed by atoms with Crippen LogP contribution < -0.4 is 25.0 Å². The van der Waals surface area contributed by atoms with Gasteiger partial charge in [0.25, 0.3) is 0 Å². The van der Waals surface area contributed by atoms with E-state index >= 15 is 0 Å². The molecule has 10 nitrogen and oxygen atoms in total. The third-order valence-electron chi connectivity index (χ3n) is 8.13. The number of aromatic nitrogens is 4. The number of hydrogen-bond acceptors (Lipinski definition) is 9. The molecule has 1 aromatic carbocycles. The summed E-state index contributed by atoms with van der Waals surface area (Å²) in [5.41, 5.74) is 3.52. The first-order chi connectivity index (χ1) is 19.8. The lowest BCUT2D eigenvalue weighted by Crippen LogP contribution is -2.28. The number of nitrogens with one attached hydrogen (secondary N) is 2. The second-order valence-corrected chi connectivity index (χ2v) is 11.3. The number of aryl methyl sites for hydroxylation is 1. The standard InChI is InChI=1S/C30H36ClN7O3/c1-17-13-38(21-12-33-37(3)14-21)15-24(17)35-27-9-22-19(11-32-27)8-23(36-30(22)34-20-6-7-41-16-20)28-18(2)25(39-4)10-26(40-5)29(28)31/h8-12,14,17,20,24H,6-7,13,15-16H2,1-5H3,(H,32,35)(H,34,36)/t17-,20?,24+/m0/s1. The summed E-state index contributed by atoms with van der Waals surface area (Å²) in [6.07, 6.45) is 6.80. The molecule has 2 N–H and O–H groups in total. The van der Waals surface area contributed by atoms with E-state index in [9.17, 15) is 0 Å². The number of ether oxygens (including phenoxy) is 3. The first kappa shape index (κ1) is 27.4. The predicted octanol–water partition coefficient (Wildman–Crippen LogP) is 5.15. The fourth-order valence-corrected chi connectivity index (χ4v) is 6.17. The highest BCUT2D eigenvalue weighted by Crippen LogP contribution is 2.43. The predicted molar refractivity (Wildman–Crippen MR) is 163 cm³/mol. The van der Waals surface area contributed by atoms with Gasteiger partial charge in [0.2, 0.25) is 0 Å². The maximum atomic E-state index is 6.85. The maximum Gasteiger partial charge on any atom is 0.141 e. The maximum absolute atomic E-state index is 6.85. The third kappa shape index (κ3) is 5.34. The number of anilines is 3. The van der Waals surface area contributed by atoms with Crippen LogP contribution in [0.4, 0.5) is 17.3 Å². The molecule has 2 aliphatic heterocycles. The Labute approximate surface area is 245 Å². The van der Waals surface area contributed by atoms with E-state index in [1.165, 1.54) is 0 Å². The quantitative estimate of drug-likeness (QED) is 0.295. The molecule has 0 saturated carbocycles. The van der Waals surface area contributed by atoms with E-state index in [1.807, 2.05) is 37.1 Å². The Morgan fingerprint density at radius 1 is 1.07 bits per heavy atom. The van der Waals surface area contributed by atoms with Gasteiger partial charge in [-0.05, 0) is 31.4 Å². The summed E-state index contributed by atoms with van der Waals surface area (Å²) < 4.78 is 18.7. The Morgan fingerprint density at radius 3 is 2.61 bits per heavy atom. The van der Waals surface area contributed by atoms with Gasteiger partial charge in [0.15, 0.2) is 0 Å². The van der Waals surface area contributed by atoms with E-state index in [1.54, 1.807) is 20.3 Å². The molecule has 5 heterocycles. The number of fused-ring (bicyclic) bond motifs is 1. The Balaban J connectivity index is 1.37. The molecule has 0 aliphatic carbocycles. The Bertz CT molecular complexity index is 1540. The highest BCUT2D eigenvalue weighted by atomic mass is 35.5. The second-order valence-electron chi connectivity index (χ2n) is 11.0. The molecular formula is C30H36ClN7O3. The van der Waals surface area contributed by atoms with E-state index in [0.717, 1.165) is 71.0 Å². The highest BCUT2D eigenvalue weighted by Gasteiger charge is 2.31. The molecule has 2 aliphatic rings. The van der Waals surface area contributed by atoms with Crippen molar-refractivity contribution < 1.29 is 14.2 Å². The van der Waals surface area contributed by atoms with Crippen molar-refractivity contribution in [1.82, 2.24) is 19.7 Å². The van der Waals surface area contributed by atoms with Gasteiger partial charge in [0.05, 0.1) is 49.5 Å². The summed E-state index contributed by atoms with van der Waals surface area (Å²) >= 11 is 6.85. The van der Waals surface area contributed by atoms with Crippen LogP contribution in [0.5, 0.6) is 11.5 Å². The number of nitrogens with zero attached hydrogens (tertiary/aromatic N) is 5. The van der Waals surface area contributed by atoms with Crippen LogP contribution >= 0.6 is 11.6 Å². The average Bonchev–Trinajstić information content (AvgIpc) is 3.71. The smallest absolute Gasteiger partial charge is 0.141 e. The van der Waals surface area contributed by atoms with E-state index in [4.69, 9.17) is 35.8 Å². The first-order valence-electron chi connectivity index (χ1n) is 13.9. The van der Waals surface area contributed by atoms with Crippen LogP contribution in [0, 0.1) is 12.8 Å². The number of methoxy groups -OCH3 is 2. The van der Waals surface area contributed by atoms with Crippen LogP contribution in [0.2, 0.25) is 5.02 Å². The van der Waals surface area contributed by atoms with Gasteiger partial charge in [-0.25, -0.2) is 9.97 Å². The Kier molecular flexibility index (Phi) is 7.52. The van der Waals surface area contributed by atoms with Crippen LogP contribution in [0.3, 0.4) is 0 Å². The van der Waals surface area contributed by atoms with E-state index in [-0.39, 0.29) is 12.1 Å². The topological polar surface area (TPSA) is 98.6 Å². The minimum atomic E-state index is 0.171. The van der Waals surface area contributed by atoms with Crippen molar-refractivity contribution in [2.75, 3.05) is 56.1 Å². The van der Waals surface area contributed by atoms with Gasteiger partial charge in [-0.2, -0.15) is 5.10 Å². The largest absolute Gasteiger partial charge is 0.496 e. The zero-order valence-electron chi connectivity index (χ0n) is 24.1. The molecule has 41 heavy (non-hydrogen) atoms. The molecule has 1 unspecified atom stereocenters. The van der Waals surface area contributed by atoms with E-state index in [0.29, 0.717) is 29.0 Å². The molecule has 0 bridgehead atoms. The third-order valence-corrected chi connectivity index (χ3v) is 8.50. The molecule has 0 spiro atoms. The van der Waals surface area contributed by atoms with Crippen molar-refractivity contribution in [2.45, 2.75) is 32.4 Å². The fraction of sp³-hybridized carbons (Fsp3) is 0.433. The Hall–Kier alpha value is -3.76. The van der Waals surface area contributed by atoms with Crippen LogP contribution in [0.25, 0.3) is 22.0 Å². The summed E-state index contributed by atoms with van der Waals surface area (Å²) in [7, 11) is 5.18. The molecule has 0 radical (unpaired) electrons. The van der Waals surface area contributed by atoms with Gasteiger partial charge >= 0.3 is 0 Å². The molecule has 2 fully saturated rings. The summed E-state index contributed by atoms with van der Waals surface area (Å²) in [6, 6.07) is 6.33. The van der Waals surface area contributed by atoms with Crippen molar-refractivity contribution in [1.29, 1.82) is 0 Å². The van der Waals surface area contributed by atoms with Gasteiger partial charge in [-0.3, -0.25) is 4.68 Å². The molecule has 11 heteroatoms. The summed E-state index contributed by atoms with van der Waals surface area (Å²) in [5.74, 6) is 3.25. The van der Waals surface area contributed by atoms with Gasteiger partial charge < -0.3 is 29.7 Å². The number of rotatable bonds is 8. The lowest BCUT2D eigenvalue weighted by atomic mass is 10.0. The number of pyridine rings is 2. The number of hydrogen-bond donors (Lipinski definition) is 2. The summed E-state index contributed by atoms with van der Waals surface area (Å²) in [5, 5.41) is 14.1. The van der Waals surface area contributed by atoms with Crippen LogP contribution in [0.15, 0.2) is 36.8 Å². The summed E-state index contributed by atoms with van der Waals surface area (Å²) in [4.78, 5) is 12.3. The first-order valence-corrected chi connectivity index (χ1v) is 14.3. The molecule has 3 atom stereocenters. The van der Waals surface area contributed by atoms with Crippen molar-refractivity contribution in [3.63, 3.8) is 0 Å². The minimum Gasteiger partial charge on any atom is -0.496 e. The van der Waals surface area contributed by atoms with Crippen LogP contribution in [-0.4, -0.2) is 72.4 Å². The second kappa shape index (κ2) is 11.3. The summed E-state index contributed by atoms with van der Waals surface area (Å²) in [6.45, 7) is 7.45. The normalized spacial score (nSPS) is 20.5. The van der Waals surface area contributed by atoms with Crippen molar-refractivity contribution in [3.05, 3.63) is 47.4 Å². The zero-order valence-corrected chi connectivity index (χ0v) is 24.8. The Morgan fingerprint density at radius 2 is 1.90 bits per heavy atom. The van der Waals surface area contributed by atoms with Gasteiger partial charge in [-0.1, -0.05) is 18.5 Å². The molecule has 3 aromatic heterocycles. The minimum absolute atomic E-state index is 0.171. The van der Waals surface area contributed by atoms with Crippen LogP contribution in [-0.2, 0) is 11.8 Å². The molecule has 2 saturated heterocycles. The van der Waals surface area contributed by atoms with Crippen molar-refractivity contribution >= 4 is 39.7 Å². The monoisotopic (exact) mass is 577 g/mol. The number of benzene rings is 1. The lowest BCUT2D eigenvalue weighted by molar-refractivity contribution is 0.195. The van der Waals surface area contributed by atoms with Gasteiger partial charge in [0.1, 0.15) is 23.1 Å². The molecular weight excluding hydrogens is 542 g/mol. The lowest BCUT2D eigenvalue weighted by Gasteiger charge is -2.20. The number of halogens is 1. The fourth-order valence-electron chi connectivity index (χ4n) is 5.80. The SMILES string of the molecule is COc1cc(OC)c(Cl)c(-c2cc3cnc(N[C@@H]4CN(c5cnn(C)c5)C[C@@H]4C)cc3c(NC3CCOC3)n2)c1C. The molecule has 6 rings (SSSR count). The molecule has 216 valence electrons.